The molecule has 0 aliphatic carbocycles. The average molecular weight is 288 g/mol. The molecule has 1 aliphatic rings. The number of hydrogen-bond donors (Lipinski definition) is 0. The predicted molar refractivity (Wildman–Crippen MR) is 79.4 cm³/mol. The molecule has 2 rings (SSSR count). The molecule has 1 heterocycles. The molecule has 20 heavy (non-hydrogen) atoms. The number of nitriles is 1. The lowest BCUT2D eigenvalue weighted by molar-refractivity contribution is -0.117. The van der Waals surface area contributed by atoms with Gasteiger partial charge in [0.1, 0.15) is 0 Å². The zero-order chi connectivity index (χ0) is 14.5. The number of thioether (sulfide) groups is 1. The summed E-state index contributed by atoms with van der Waals surface area (Å²) in [5.41, 5.74) is 1.82. The minimum atomic E-state index is 0.0942. The summed E-state index contributed by atoms with van der Waals surface area (Å²) in [5, 5.41) is 8.73. The highest BCUT2D eigenvalue weighted by atomic mass is 32.2. The van der Waals surface area contributed by atoms with E-state index in [-0.39, 0.29) is 16.9 Å². The monoisotopic (exact) mass is 288 g/mol. The third-order valence-electron chi connectivity index (χ3n) is 3.26. The summed E-state index contributed by atoms with van der Waals surface area (Å²) in [4.78, 5) is 24.8. The van der Waals surface area contributed by atoms with Gasteiger partial charge in [-0.3, -0.25) is 9.59 Å². The van der Waals surface area contributed by atoms with E-state index < -0.39 is 0 Å². The predicted octanol–water partition coefficient (Wildman–Crippen LogP) is 2.39. The minimum Gasteiger partial charge on any atom is -0.312 e. The standard InChI is InChI=1S/C15H16N2O2S/c1-11(18)20-10-13-8-15(19)17(9-13)14-4-2-12(3-5-14)6-7-16/h2-5,13H,6,8-10H2,1H3. The molecule has 1 saturated heterocycles. The second-order valence-corrected chi connectivity index (χ2v) is 6.08. The first kappa shape index (κ1) is 14.6. The number of anilines is 1. The number of carbonyl (C=O) groups excluding carboxylic acids is 2. The largest absolute Gasteiger partial charge is 0.312 e. The summed E-state index contributed by atoms with van der Waals surface area (Å²) < 4.78 is 0. The number of rotatable bonds is 4. The molecular weight excluding hydrogens is 272 g/mol. The summed E-state index contributed by atoms with van der Waals surface area (Å²) in [6, 6.07) is 9.62. The van der Waals surface area contributed by atoms with E-state index in [0.29, 0.717) is 25.1 Å². The van der Waals surface area contributed by atoms with Crippen molar-refractivity contribution >= 4 is 28.5 Å². The van der Waals surface area contributed by atoms with Gasteiger partial charge in [0.05, 0.1) is 12.5 Å². The van der Waals surface area contributed by atoms with Crippen molar-refractivity contribution in [1.29, 1.82) is 5.26 Å². The molecule has 0 aromatic heterocycles. The number of nitrogens with zero attached hydrogens (tertiary/aromatic N) is 2. The number of hydrogen-bond acceptors (Lipinski definition) is 4. The molecule has 1 aliphatic heterocycles. The van der Waals surface area contributed by atoms with E-state index >= 15 is 0 Å². The molecule has 0 saturated carbocycles. The molecule has 0 spiro atoms. The summed E-state index contributed by atoms with van der Waals surface area (Å²) in [6.45, 7) is 2.21. The lowest BCUT2D eigenvalue weighted by Gasteiger charge is -2.17. The summed E-state index contributed by atoms with van der Waals surface area (Å²) in [5.74, 6) is 1.03. The van der Waals surface area contributed by atoms with Crippen LogP contribution in [0.1, 0.15) is 18.9 Å². The third kappa shape index (κ3) is 3.61. The molecule has 0 radical (unpaired) electrons. The Morgan fingerprint density at radius 2 is 2.15 bits per heavy atom. The van der Waals surface area contributed by atoms with Crippen LogP contribution in [0.3, 0.4) is 0 Å². The van der Waals surface area contributed by atoms with Crippen molar-refractivity contribution in [2.45, 2.75) is 19.8 Å². The number of amides is 1. The second kappa shape index (κ2) is 6.58. The number of benzene rings is 1. The SMILES string of the molecule is CC(=O)SCC1CC(=O)N(c2ccc(CC#N)cc2)C1. The van der Waals surface area contributed by atoms with Crippen molar-refractivity contribution in [1.82, 2.24) is 0 Å². The van der Waals surface area contributed by atoms with Gasteiger partial charge in [0.25, 0.3) is 0 Å². The smallest absolute Gasteiger partial charge is 0.227 e. The van der Waals surface area contributed by atoms with E-state index in [1.165, 1.54) is 11.8 Å². The molecule has 1 aromatic rings. The van der Waals surface area contributed by atoms with Gasteiger partial charge < -0.3 is 4.90 Å². The summed E-state index contributed by atoms with van der Waals surface area (Å²) >= 11 is 1.28. The van der Waals surface area contributed by atoms with Crippen LogP contribution in [0.25, 0.3) is 0 Å². The summed E-state index contributed by atoms with van der Waals surface area (Å²) in [7, 11) is 0. The van der Waals surface area contributed by atoms with Crippen molar-refractivity contribution in [2.75, 3.05) is 17.2 Å². The minimum absolute atomic E-state index is 0.0942. The van der Waals surface area contributed by atoms with Crippen LogP contribution in [0.4, 0.5) is 5.69 Å². The van der Waals surface area contributed by atoms with Gasteiger partial charge in [-0.25, -0.2) is 0 Å². The Morgan fingerprint density at radius 3 is 2.75 bits per heavy atom. The van der Waals surface area contributed by atoms with Crippen LogP contribution in [-0.4, -0.2) is 23.3 Å². The fourth-order valence-electron chi connectivity index (χ4n) is 2.26. The van der Waals surface area contributed by atoms with Crippen molar-refractivity contribution in [3.8, 4) is 6.07 Å². The second-order valence-electron chi connectivity index (χ2n) is 4.88. The Balaban J connectivity index is 2.00. The van der Waals surface area contributed by atoms with Gasteiger partial charge >= 0.3 is 0 Å². The van der Waals surface area contributed by atoms with E-state index in [1.807, 2.05) is 24.3 Å². The first-order valence-electron chi connectivity index (χ1n) is 6.49. The Labute approximate surface area is 122 Å². The Bertz CT molecular complexity index is 548. The molecule has 1 unspecified atom stereocenters. The third-order valence-corrected chi connectivity index (χ3v) is 4.30. The van der Waals surface area contributed by atoms with Crippen LogP contribution in [-0.2, 0) is 16.0 Å². The number of carbonyl (C=O) groups is 2. The first-order chi connectivity index (χ1) is 9.60. The van der Waals surface area contributed by atoms with E-state index in [0.717, 1.165) is 11.3 Å². The molecule has 1 atom stereocenters. The molecule has 1 amide bonds. The average Bonchev–Trinajstić information content (AvgIpc) is 2.79. The molecule has 0 bridgehead atoms. The van der Waals surface area contributed by atoms with Gasteiger partial charge in [0.2, 0.25) is 5.91 Å². The fourth-order valence-corrected chi connectivity index (χ4v) is 2.96. The van der Waals surface area contributed by atoms with Crippen LogP contribution in [0.15, 0.2) is 24.3 Å². The van der Waals surface area contributed by atoms with Crippen LogP contribution in [0.5, 0.6) is 0 Å². The fraction of sp³-hybridized carbons (Fsp3) is 0.400. The Kier molecular flexibility index (Phi) is 4.80. The van der Waals surface area contributed by atoms with Crippen molar-refractivity contribution in [3.63, 3.8) is 0 Å². The topological polar surface area (TPSA) is 61.2 Å². The van der Waals surface area contributed by atoms with Crippen LogP contribution in [0.2, 0.25) is 0 Å². The lowest BCUT2D eigenvalue weighted by atomic mass is 10.1. The van der Waals surface area contributed by atoms with Gasteiger partial charge in [-0.05, 0) is 23.6 Å². The summed E-state index contributed by atoms with van der Waals surface area (Å²) in [6.07, 6.45) is 0.881. The van der Waals surface area contributed by atoms with Gasteiger partial charge in [-0.1, -0.05) is 23.9 Å². The zero-order valence-electron chi connectivity index (χ0n) is 11.3. The molecule has 104 valence electrons. The Hall–Kier alpha value is -1.80. The van der Waals surface area contributed by atoms with Gasteiger partial charge in [0, 0.05) is 31.3 Å². The Morgan fingerprint density at radius 1 is 1.45 bits per heavy atom. The highest BCUT2D eigenvalue weighted by molar-refractivity contribution is 8.13. The van der Waals surface area contributed by atoms with E-state index in [2.05, 4.69) is 6.07 Å². The normalized spacial score (nSPS) is 18.1. The van der Waals surface area contributed by atoms with Gasteiger partial charge in [-0.15, -0.1) is 0 Å². The van der Waals surface area contributed by atoms with Gasteiger partial charge in [0.15, 0.2) is 5.12 Å². The van der Waals surface area contributed by atoms with Crippen molar-refractivity contribution in [3.05, 3.63) is 29.8 Å². The maximum absolute atomic E-state index is 12.0. The van der Waals surface area contributed by atoms with Crippen LogP contribution >= 0.6 is 11.8 Å². The van der Waals surface area contributed by atoms with E-state index in [1.54, 1.807) is 11.8 Å². The maximum atomic E-state index is 12.0. The molecule has 4 nitrogen and oxygen atoms in total. The van der Waals surface area contributed by atoms with Crippen LogP contribution < -0.4 is 4.90 Å². The first-order valence-corrected chi connectivity index (χ1v) is 7.48. The highest BCUT2D eigenvalue weighted by Crippen LogP contribution is 2.27. The van der Waals surface area contributed by atoms with E-state index in [4.69, 9.17) is 5.26 Å². The van der Waals surface area contributed by atoms with Crippen molar-refractivity contribution in [2.24, 2.45) is 5.92 Å². The lowest BCUT2D eigenvalue weighted by Crippen LogP contribution is -2.24. The van der Waals surface area contributed by atoms with Crippen LogP contribution in [0, 0.1) is 17.2 Å². The maximum Gasteiger partial charge on any atom is 0.227 e. The highest BCUT2D eigenvalue weighted by Gasteiger charge is 2.30. The molecule has 1 aromatic carbocycles. The quantitative estimate of drug-likeness (QED) is 0.853. The molecule has 0 N–H and O–H groups in total. The van der Waals surface area contributed by atoms with E-state index in [9.17, 15) is 9.59 Å². The molecule has 5 heteroatoms. The van der Waals surface area contributed by atoms with Crippen molar-refractivity contribution < 1.29 is 9.59 Å². The molecular formula is C15H16N2O2S. The molecule has 1 fully saturated rings. The zero-order valence-corrected chi connectivity index (χ0v) is 12.2. The van der Waals surface area contributed by atoms with Gasteiger partial charge in [-0.2, -0.15) is 5.26 Å².